The molecule has 3 rings (SSSR count). The molecule has 34 heavy (non-hydrogen) atoms. The van der Waals surface area contributed by atoms with Gasteiger partial charge in [0.25, 0.3) is 0 Å². The molecule has 0 aliphatic heterocycles. The Bertz CT molecular complexity index is 1130. The molecule has 0 fully saturated rings. The van der Waals surface area contributed by atoms with E-state index in [1.54, 1.807) is 24.4 Å². The zero-order chi connectivity index (χ0) is 24.5. The zero-order valence-corrected chi connectivity index (χ0v) is 19.9. The highest BCUT2D eigenvalue weighted by atomic mass is 16.5. The number of carboxylic acid groups (broad SMARTS) is 1. The summed E-state index contributed by atoms with van der Waals surface area (Å²) in [6, 6.07) is 16.7. The fourth-order valence-corrected chi connectivity index (χ4v) is 3.61. The highest BCUT2D eigenvalue weighted by Crippen LogP contribution is 2.25. The van der Waals surface area contributed by atoms with Gasteiger partial charge in [0, 0.05) is 19.0 Å². The van der Waals surface area contributed by atoms with Crippen molar-refractivity contribution in [1.82, 2.24) is 4.98 Å². The summed E-state index contributed by atoms with van der Waals surface area (Å²) in [5, 5.41) is 8.87. The minimum absolute atomic E-state index is 0.111. The quantitative estimate of drug-likeness (QED) is 0.362. The maximum Gasteiger partial charge on any atom is 0.303 e. The van der Waals surface area contributed by atoms with Crippen LogP contribution in [0.4, 0.5) is 0 Å². The van der Waals surface area contributed by atoms with Crippen LogP contribution in [0.5, 0.6) is 11.5 Å². The number of aromatic nitrogens is 1. The Morgan fingerprint density at radius 3 is 2.59 bits per heavy atom. The number of nitrogens with zero attached hydrogens (tertiary/aromatic N) is 1. The number of carbonyl (C=O) groups excluding carboxylic acids is 1. The standard InChI is InChI=1S/C28H31NO5/c1-4-21-8-12-26(24(18-21)28(32)25-7-5-6-15-29-25)34-20(3)14-16-33-23-11-9-22(19(2)17-23)10-13-27(30)31/h5-9,11-12,15,17-18,20H,4,10,13-14,16H2,1-3H3,(H,30,31). The van der Waals surface area contributed by atoms with Crippen LogP contribution in [0.3, 0.4) is 0 Å². The largest absolute Gasteiger partial charge is 0.493 e. The normalized spacial score (nSPS) is 11.6. The highest BCUT2D eigenvalue weighted by molar-refractivity contribution is 6.09. The number of ether oxygens (including phenoxy) is 2. The first-order valence-corrected chi connectivity index (χ1v) is 11.6. The average Bonchev–Trinajstić information content (AvgIpc) is 2.83. The van der Waals surface area contributed by atoms with Gasteiger partial charge in [-0.1, -0.05) is 25.1 Å². The molecule has 6 heteroatoms. The van der Waals surface area contributed by atoms with Crippen molar-refractivity contribution in [1.29, 1.82) is 0 Å². The minimum Gasteiger partial charge on any atom is -0.493 e. The van der Waals surface area contributed by atoms with Crippen molar-refractivity contribution in [2.75, 3.05) is 6.61 Å². The Balaban J connectivity index is 1.61. The molecule has 0 saturated heterocycles. The number of rotatable bonds is 12. The second-order valence-corrected chi connectivity index (χ2v) is 8.28. The summed E-state index contributed by atoms with van der Waals surface area (Å²) in [4.78, 5) is 28.0. The molecule has 1 atom stereocenters. The highest BCUT2D eigenvalue weighted by Gasteiger charge is 2.18. The Morgan fingerprint density at radius 2 is 1.91 bits per heavy atom. The Labute approximate surface area is 200 Å². The van der Waals surface area contributed by atoms with Crippen molar-refractivity contribution in [2.24, 2.45) is 0 Å². The van der Waals surface area contributed by atoms with Crippen LogP contribution in [0.1, 0.15) is 59.4 Å². The van der Waals surface area contributed by atoms with Crippen LogP contribution in [0.25, 0.3) is 0 Å². The SMILES string of the molecule is CCc1ccc(OC(C)CCOc2ccc(CCC(=O)O)c(C)c2)c(C(=O)c2ccccn2)c1. The lowest BCUT2D eigenvalue weighted by Gasteiger charge is -2.18. The van der Waals surface area contributed by atoms with E-state index in [0.717, 1.165) is 28.9 Å². The number of benzene rings is 2. The predicted octanol–water partition coefficient (Wildman–Crippen LogP) is 5.44. The van der Waals surface area contributed by atoms with Crippen molar-refractivity contribution in [3.63, 3.8) is 0 Å². The van der Waals surface area contributed by atoms with Crippen LogP contribution in [-0.2, 0) is 17.6 Å². The van der Waals surface area contributed by atoms with Crippen molar-refractivity contribution < 1.29 is 24.2 Å². The van der Waals surface area contributed by atoms with E-state index in [-0.39, 0.29) is 18.3 Å². The smallest absolute Gasteiger partial charge is 0.303 e. The maximum absolute atomic E-state index is 13.1. The van der Waals surface area contributed by atoms with Gasteiger partial charge in [0.15, 0.2) is 0 Å². The molecular formula is C28H31NO5. The van der Waals surface area contributed by atoms with Crippen molar-refractivity contribution in [3.05, 3.63) is 88.7 Å². The topological polar surface area (TPSA) is 85.7 Å². The van der Waals surface area contributed by atoms with Crippen LogP contribution in [-0.4, -0.2) is 34.6 Å². The van der Waals surface area contributed by atoms with Crippen molar-refractivity contribution in [2.45, 2.75) is 52.6 Å². The van der Waals surface area contributed by atoms with Crippen molar-refractivity contribution in [3.8, 4) is 11.5 Å². The molecule has 0 aliphatic carbocycles. The van der Waals surface area contributed by atoms with E-state index >= 15 is 0 Å². The number of hydrogen-bond donors (Lipinski definition) is 1. The first-order chi connectivity index (χ1) is 16.4. The van der Waals surface area contributed by atoms with E-state index in [1.165, 1.54) is 0 Å². The summed E-state index contributed by atoms with van der Waals surface area (Å²) in [6.07, 6.45) is 3.51. The van der Waals surface area contributed by atoms with Crippen molar-refractivity contribution >= 4 is 11.8 Å². The maximum atomic E-state index is 13.1. The lowest BCUT2D eigenvalue weighted by molar-refractivity contribution is -0.136. The predicted molar refractivity (Wildman–Crippen MR) is 131 cm³/mol. The molecule has 178 valence electrons. The molecule has 1 N–H and O–H groups in total. The summed E-state index contributed by atoms with van der Waals surface area (Å²) in [6.45, 7) is 6.40. The molecule has 0 saturated carbocycles. The first kappa shape index (κ1) is 25.0. The Hall–Kier alpha value is -3.67. The molecule has 1 heterocycles. The molecule has 0 radical (unpaired) electrons. The van der Waals surface area contributed by atoms with Gasteiger partial charge in [-0.3, -0.25) is 14.6 Å². The third-order valence-electron chi connectivity index (χ3n) is 5.64. The second-order valence-electron chi connectivity index (χ2n) is 8.28. The van der Waals surface area contributed by atoms with Gasteiger partial charge < -0.3 is 14.6 Å². The molecule has 1 aromatic heterocycles. The monoisotopic (exact) mass is 461 g/mol. The fourth-order valence-electron chi connectivity index (χ4n) is 3.61. The number of hydrogen-bond acceptors (Lipinski definition) is 5. The molecule has 0 bridgehead atoms. The number of pyridine rings is 1. The third-order valence-corrected chi connectivity index (χ3v) is 5.64. The molecule has 0 aliphatic rings. The van der Waals surface area contributed by atoms with E-state index in [1.807, 2.05) is 57.2 Å². The first-order valence-electron chi connectivity index (χ1n) is 11.6. The number of carboxylic acids is 1. The lowest BCUT2D eigenvalue weighted by atomic mass is 10.0. The molecule has 1 unspecified atom stereocenters. The van der Waals surface area contributed by atoms with Gasteiger partial charge in [-0.2, -0.15) is 0 Å². The summed E-state index contributed by atoms with van der Waals surface area (Å²) in [5.74, 6) is 0.317. The average molecular weight is 462 g/mol. The van der Waals surface area contributed by atoms with Crippen LogP contribution >= 0.6 is 0 Å². The van der Waals surface area contributed by atoms with Gasteiger partial charge >= 0.3 is 5.97 Å². The number of ketones is 1. The van der Waals surface area contributed by atoms with Gasteiger partial charge in [-0.25, -0.2) is 0 Å². The van der Waals surface area contributed by atoms with Crippen LogP contribution < -0.4 is 9.47 Å². The van der Waals surface area contributed by atoms with Crippen LogP contribution in [0.15, 0.2) is 60.8 Å². The number of carbonyl (C=O) groups is 2. The summed E-state index contributed by atoms with van der Waals surface area (Å²) in [7, 11) is 0. The zero-order valence-electron chi connectivity index (χ0n) is 19.9. The number of aliphatic carboxylic acids is 1. The summed E-state index contributed by atoms with van der Waals surface area (Å²) in [5.41, 5.74) is 3.98. The van der Waals surface area contributed by atoms with E-state index < -0.39 is 5.97 Å². The number of aryl methyl sites for hydroxylation is 3. The fraction of sp³-hybridized carbons (Fsp3) is 0.321. The van der Waals surface area contributed by atoms with Gasteiger partial charge in [-0.05, 0) is 79.8 Å². The molecular weight excluding hydrogens is 430 g/mol. The second kappa shape index (κ2) is 12.0. The van der Waals surface area contributed by atoms with E-state index in [0.29, 0.717) is 36.5 Å². The Morgan fingerprint density at radius 1 is 1.09 bits per heavy atom. The van der Waals surface area contributed by atoms with Gasteiger partial charge in [0.1, 0.15) is 17.2 Å². The molecule has 6 nitrogen and oxygen atoms in total. The molecule has 0 amide bonds. The molecule has 2 aromatic carbocycles. The minimum atomic E-state index is -0.803. The molecule has 3 aromatic rings. The van der Waals surface area contributed by atoms with Gasteiger partial charge in [-0.15, -0.1) is 0 Å². The van der Waals surface area contributed by atoms with Crippen LogP contribution in [0.2, 0.25) is 0 Å². The van der Waals surface area contributed by atoms with Gasteiger partial charge in [0.2, 0.25) is 5.78 Å². The van der Waals surface area contributed by atoms with E-state index in [4.69, 9.17) is 14.6 Å². The third kappa shape index (κ3) is 6.91. The van der Waals surface area contributed by atoms with Crippen LogP contribution in [0, 0.1) is 6.92 Å². The Kier molecular flexibility index (Phi) is 8.79. The van der Waals surface area contributed by atoms with Gasteiger partial charge in [0.05, 0.1) is 18.3 Å². The molecule has 0 spiro atoms. The summed E-state index contributed by atoms with van der Waals surface area (Å²) >= 11 is 0. The van der Waals surface area contributed by atoms with E-state index in [2.05, 4.69) is 4.98 Å². The lowest BCUT2D eigenvalue weighted by Crippen LogP contribution is -2.18. The van der Waals surface area contributed by atoms with E-state index in [9.17, 15) is 9.59 Å². The summed E-state index contributed by atoms with van der Waals surface area (Å²) < 4.78 is 12.0.